The van der Waals surface area contributed by atoms with Crippen LogP contribution in [0.3, 0.4) is 0 Å². The normalized spacial score (nSPS) is 14.4. The maximum Gasteiger partial charge on any atom is 0.0928 e. The van der Waals surface area contributed by atoms with E-state index in [1.54, 1.807) is 0 Å². The Balaban J connectivity index is 2.34. The highest BCUT2D eigenvalue weighted by Crippen LogP contribution is 2.37. The second-order valence-electron chi connectivity index (χ2n) is 4.14. The van der Waals surface area contributed by atoms with Crippen molar-refractivity contribution in [3.8, 4) is 0 Å². The van der Waals surface area contributed by atoms with Gasteiger partial charge in [0.05, 0.1) is 6.00 Å². The van der Waals surface area contributed by atoms with E-state index in [9.17, 15) is 0 Å². The molecule has 0 fully saturated rings. The van der Waals surface area contributed by atoms with Crippen LogP contribution in [0.15, 0.2) is 30.3 Å². The number of hydrogen-bond donors (Lipinski definition) is 1. The highest BCUT2D eigenvalue weighted by Gasteiger charge is 2.21. The maximum atomic E-state index is 6.08. The van der Waals surface area contributed by atoms with Crippen molar-refractivity contribution < 1.29 is 0 Å². The number of hydrogen-bond acceptors (Lipinski definition) is 2. The van der Waals surface area contributed by atoms with Gasteiger partial charge in [0.2, 0.25) is 0 Å². The molecule has 0 bridgehead atoms. The molecule has 2 aromatic carbocycles. The largest absolute Gasteiger partial charge is 0.398 e. The molecule has 2 aromatic rings. The number of nitrogen functional groups attached to an aromatic ring is 1. The summed E-state index contributed by atoms with van der Waals surface area (Å²) >= 11 is 5.92. The van der Waals surface area contributed by atoms with Crippen LogP contribution in [-0.4, -0.2) is 12.5 Å². The van der Waals surface area contributed by atoms with Crippen molar-refractivity contribution in [2.75, 3.05) is 23.2 Å². The van der Waals surface area contributed by atoms with Gasteiger partial charge in [-0.3, -0.25) is 0 Å². The van der Waals surface area contributed by atoms with Crippen molar-refractivity contribution in [2.45, 2.75) is 6.42 Å². The lowest BCUT2D eigenvalue weighted by atomic mass is 10.0. The van der Waals surface area contributed by atoms with Crippen LogP contribution in [0.1, 0.15) is 5.56 Å². The molecule has 1 aliphatic heterocycles. The van der Waals surface area contributed by atoms with Crippen molar-refractivity contribution in [1.29, 1.82) is 0 Å². The number of nitrogens with two attached hydrogens (primary N) is 1. The fourth-order valence-electron chi connectivity index (χ4n) is 2.48. The minimum Gasteiger partial charge on any atom is -0.398 e. The molecule has 0 saturated heterocycles. The fraction of sp³-hybridized carbons (Fsp3) is 0.231. The first kappa shape index (κ1) is 9.79. The number of rotatable bonds is 1. The van der Waals surface area contributed by atoms with E-state index in [-0.39, 0.29) is 0 Å². The van der Waals surface area contributed by atoms with Crippen molar-refractivity contribution in [3.63, 3.8) is 0 Å². The van der Waals surface area contributed by atoms with E-state index in [2.05, 4.69) is 23.1 Å². The fourth-order valence-corrected chi connectivity index (χ4v) is 2.73. The molecule has 1 heterocycles. The molecule has 0 atom stereocenters. The van der Waals surface area contributed by atoms with Gasteiger partial charge in [-0.15, -0.1) is 11.6 Å². The Kier molecular flexibility index (Phi) is 2.18. The molecule has 0 aromatic heterocycles. The Morgan fingerprint density at radius 3 is 2.75 bits per heavy atom. The highest BCUT2D eigenvalue weighted by molar-refractivity contribution is 6.19. The van der Waals surface area contributed by atoms with Crippen LogP contribution in [0, 0.1) is 0 Å². The van der Waals surface area contributed by atoms with Gasteiger partial charge in [-0.1, -0.05) is 24.3 Å². The van der Waals surface area contributed by atoms with Crippen LogP contribution in [-0.2, 0) is 6.42 Å². The van der Waals surface area contributed by atoms with E-state index in [1.807, 2.05) is 12.1 Å². The molecule has 0 unspecified atom stereocenters. The average Bonchev–Trinajstić information content (AvgIpc) is 2.72. The van der Waals surface area contributed by atoms with E-state index in [1.165, 1.54) is 16.6 Å². The van der Waals surface area contributed by atoms with Gasteiger partial charge < -0.3 is 10.6 Å². The molecule has 1 aliphatic rings. The van der Waals surface area contributed by atoms with Gasteiger partial charge in [0.25, 0.3) is 0 Å². The summed E-state index contributed by atoms with van der Waals surface area (Å²) in [4.78, 5) is 2.17. The third kappa shape index (κ3) is 1.26. The van der Waals surface area contributed by atoms with Crippen molar-refractivity contribution in [2.24, 2.45) is 0 Å². The molecule has 3 rings (SSSR count). The minimum absolute atomic E-state index is 0.533. The van der Waals surface area contributed by atoms with Crippen LogP contribution < -0.4 is 10.6 Å². The van der Waals surface area contributed by atoms with E-state index in [4.69, 9.17) is 17.3 Å². The first-order valence-corrected chi connectivity index (χ1v) is 5.95. The van der Waals surface area contributed by atoms with Gasteiger partial charge in [-0.2, -0.15) is 0 Å². The molecule has 0 saturated carbocycles. The summed E-state index contributed by atoms with van der Waals surface area (Å²) in [7, 11) is 0. The first-order chi connectivity index (χ1) is 7.81. The maximum absolute atomic E-state index is 6.08. The Morgan fingerprint density at radius 2 is 2.00 bits per heavy atom. The van der Waals surface area contributed by atoms with Crippen LogP contribution in [0.2, 0.25) is 0 Å². The summed E-state index contributed by atoms with van der Waals surface area (Å²) in [6, 6.07) is 10.9. The quantitative estimate of drug-likeness (QED) is 0.465. The molecular formula is C13H13ClN2. The van der Waals surface area contributed by atoms with E-state index < -0.39 is 0 Å². The predicted molar refractivity (Wildman–Crippen MR) is 70.1 cm³/mol. The topological polar surface area (TPSA) is 29.3 Å². The van der Waals surface area contributed by atoms with Crippen molar-refractivity contribution in [3.05, 3.63) is 35.9 Å². The van der Waals surface area contributed by atoms with E-state index in [0.717, 1.165) is 24.0 Å². The summed E-state index contributed by atoms with van der Waals surface area (Å²) in [5.74, 6) is 0. The van der Waals surface area contributed by atoms with E-state index >= 15 is 0 Å². The minimum atomic E-state index is 0.533. The molecule has 82 valence electrons. The number of alkyl halides is 1. The predicted octanol–water partition coefficient (Wildman–Crippen LogP) is 2.98. The van der Waals surface area contributed by atoms with Gasteiger partial charge in [0.15, 0.2) is 0 Å². The van der Waals surface area contributed by atoms with Gasteiger partial charge in [0.1, 0.15) is 0 Å². The van der Waals surface area contributed by atoms with Crippen LogP contribution >= 0.6 is 11.6 Å². The Bertz CT molecular complexity index is 551. The Morgan fingerprint density at radius 1 is 1.25 bits per heavy atom. The number of anilines is 2. The zero-order valence-corrected chi connectivity index (χ0v) is 9.67. The van der Waals surface area contributed by atoms with Gasteiger partial charge in [0, 0.05) is 23.3 Å². The second kappa shape index (κ2) is 3.56. The van der Waals surface area contributed by atoms with Crippen molar-refractivity contribution in [1.82, 2.24) is 0 Å². The summed E-state index contributed by atoms with van der Waals surface area (Å²) < 4.78 is 0. The summed E-state index contributed by atoms with van der Waals surface area (Å²) in [5, 5.41) is 2.42. The van der Waals surface area contributed by atoms with Crippen LogP contribution in [0.5, 0.6) is 0 Å². The molecule has 0 aliphatic carbocycles. The lowest BCUT2D eigenvalue weighted by molar-refractivity contribution is 0.935. The number of benzene rings is 2. The summed E-state index contributed by atoms with van der Waals surface area (Å²) in [6.07, 6.45) is 1.06. The summed E-state index contributed by atoms with van der Waals surface area (Å²) in [5.41, 5.74) is 9.50. The molecule has 2 N–H and O–H groups in total. The molecular weight excluding hydrogens is 220 g/mol. The zero-order chi connectivity index (χ0) is 11.1. The monoisotopic (exact) mass is 232 g/mol. The van der Waals surface area contributed by atoms with Crippen molar-refractivity contribution >= 4 is 33.7 Å². The third-order valence-electron chi connectivity index (χ3n) is 3.28. The van der Waals surface area contributed by atoms with E-state index in [0.29, 0.717) is 6.00 Å². The number of fused-ring (bicyclic) bond motifs is 3. The first-order valence-electron chi connectivity index (χ1n) is 5.42. The lowest BCUT2D eigenvalue weighted by Crippen LogP contribution is -2.17. The Labute approximate surface area is 99.6 Å². The zero-order valence-electron chi connectivity index (χ0n) is 8.91. The summed E-state index contributed by atoms with van der Waals surface area (Å²) in [6.45, 7) is 0.992. The molecule has 2 nitrogen and oxygen atoms in total. The Hall–Kier alpha value is -1.41. The highest BCUT2D eigenvalue weighted by atomic mass is 35.5. The molecule has 16 heavy (non-hydrogen) atoms. The SMILES string of the molecule is Nc1cc2c(c3ccccc13)CCN2CCl. The molecule has 0 amide bonds. The number of nitrogens with zero attached hydrogens (tertiary/aromatic N) is 1. The van der Waals surface area contributed by atoms with Gasteiger partial charge in [-0.25, -0.2) is 0 Å². The van der Waals surface area contributed by atoms with Crippen LogP contribution in [0.25, 0.3) is 10.8 Å². The molecule has 3 heteroatoms. The third-order valence-corrected chi connectivity index (χ3v) is 3.57. The molecule has 0 spiro atoms. The van der Waals surface area contributed by atoms with Gasteiger partial charge >= 0.3 is 0 Å². The second-order valence-corrected chi connectivity index (χ2v) is 4.38. The molecule has 0 radical (unpaired) electrons. The standard InChI is InChI=1S/C13H13ClN2/c14-8-16-6-5-11-9-3-1-2-4-10(9)12(15)7-13(11)16/h1-4,7H,5-6,8,15H2. The average molecular weight is 233 g/mol. The van der Waals surface area contributed by atoms with Gasteiger partial charge in [-0.05, 0) is 23.4 Å². The van der Waals surface area contributed by atoms with Crippen LogP contribution in [0.4, 0.5) is 11.4 Å². The lowest BCUT2D eigenvalue weighted by Gasteiger charge is -2.16. The number of halogens is 1. The smallest absolute Gasteiger partial charge is 0.0928 e.